The van der Waals surface area contributed by atoms with Gasteiger partial charge in [-0.15, -0.1) is 6.58 Å². The Bertz CT molecular complexity index is 238. The molecule has 0 amide bonds. The summed E-state index contributed by atoms with van der Waals surface area (Å²) in [5, 5.41) is 10.1. The largest absolute Gasteiger partial charge is 0.385 e. The van der Waals surface area contributed by atoms with Gasteiger partial charge in [-0.1, -0.05) is 31.6 Å². The summed E-state index contributed by atoms with van der Waals surface area (Å²) < 4.78 is 0. The first kappa shape index (κ1) is 10.5. The van der Waals surface area contributed by atoms with E-state index in [-0.39, 0.29) is 5.41 Å². The van der Waals surface area contributed by atoms with E-state index in [9.17, 15) is 5.11 Å². The average molecular weight is 180 g/mol. The Hall–Kier alpha value is -0.560. The van der Waals surface area contributed by atoms with Crippen LogP contribution in [0.5, 0.6) is 0 Å². The molecule has 0 aromatic heterocycles. The smallest absolute Gasteiger partial charge is 0.0864 e. The van der Waals surface area contributed by atoms with E-state index >= 15 is 0 Å². The van der Waals surface area contributed by atoms with E-state index in [1.807, 2.05) is 13.0 Å². The molecule has 0 saturated heterocycles. The van der Waals surface area contributed by atoms with Crippen LogP contribution in [0.2, 0.25) is 0 Å². The lowest BCUT2D eigenvalue weighted by molar-refractivity contribution is 0.0611. The first-order valence-electron chi connectivity index (χ1n) is 4.90. The van der Waals surface area contributed by atoms with Gasteiger partial charge in [0.1, 0.15) is 0 Å². The van der Waals surface area contributed by atoms with E-state index in [1.165, 1.54) is 0 Å². The van der Waals surface area contributed by atoms with E-state index in [0.717, 1.165) is 18.4 Å². The molecular formula is C12H20O. The number of hydrogen-bond acceptors (Lipinski definition) is 1. The van der Waals surface area contributed by atoms with E-state index in [4.69, 9.17) is 0 Å². The Balaban J connectivity index is 2.70. The van der Waals surface area contributed by atoms with Gasteiger partial charge in [0.15, 0.2) is 0 Å². The van der Waals surface area contributed by atoms with Gasteiger partial charge in [0.05, 0.1) is 5.60 Å². The molecule has 0 spiro atoms. The highest BCUT2D eigenvalue weighted by Crippen LogP contribution is 2.36. The molecule has 0 fully saturated rings. The molecule has 74 valence electrons. The van der Waals surface area contributed by atoms with Crippen LogP contribution < -0.4 is 0 Å². The zero-order valence-corrected chi connectivity index (χ0v) is 8.93. The van der Waals surface area contributed by atoms with Crippen LogP contribution in [-0.2, 0) is 0 Å². The van der Waals surface area contributed by atoms with Crippen molar-refractivity contribution >= 4 is 0 Å². The van der Waals surface area contributed by atoms with E-state index in [0.29, 0.717) is 6.42 Å². The minimum absolute atomic E-state index is 0.251. The van der Waals surface area contributed by atoms with Crippen molar-refractivity contribution in [2.45, 2.75) is 45.6 Å². The molecule has 1 aliphatic carbocycles. The Labute approximate surface area is 81.2 Å². The van der Waals surface area contributed by atoms with Gasteiger partial charge in [0.2, 0.25) is 0 Å². The van der Waals surface area contributed by atoms with Crippen LogP contribution in [0.3, 0.4) is 0 Å². The van der Waals surface area contributed by atoms with Crippen molar-refractivity contribution < 1.29 is 5.11 Å². The van der Waals surface area contributed by atoms with Crippen LogP contribution in [0.1, 0.15) is 40.0 Å². The third-order valence-electron chi connectivity index (χ3n) is 2.65. The summed E-state index contributed by atoms with van der Waals surface area (Å²) >= 11 is 0. The molecule has 0 saturated carbocycles. The first-order chi connectivity index (χ1) is 5.83. The van der Waals surface area contributed by atoms with Crippen molar-refractivity contribution in [1.29, 1.82) is 0 Å². The second kappa shape index (κ2) is 3.30. The number of hydrogen-bond donors (Lipinski definition) is 1. The van der Waals surface area contributed by atoms with Crippen LogP contribution in [0, 0.1) is 5.41 Å². The molecule has 0 radical (unpaired) electrons. The maximum absolute atomic E-state index is 10.1. The monoisotopic (exact) mass is 180 g/mol. The third kappa shape index (κ3) is 3.00. The van der Waals surface area contributed by atoms with E-state index < -0.39 is 5.60 Å². The molecule has 0 aliphatic heterocycles. The van der Waals surface area contributed by atoms with Crippen LogP contribution in [0.25, 0.3) is 0 Å². The maximum Gasteiger partial charge on any atom is 0.0864 e. The predicted octanol–water partition coefficient (Wildman–Crippen LogP) is 3.06. The van der Waals surface area contributed by atoms with Crippen molar-refractivity contribution in [1.82, 2.24) is 0 Å². The molecule has 1 heteroatoms. The minimum atomic E-state index is -0.624. The molecule has 1 rings (SSSR count). The van der Waals surface area contributed by atoms with Gasteiger partial charge in [0.25, 0.3) is 0 Å². The Morgan fingerprint density at radius 2 is 2.00 bits per heavy atom. The fraction of sp³-hybridized carbons (Fsp3) is 0.667. The quantitative estimate of drug-likeness (QED) is 0.647. The number of allylic oxidation sites excluding steroid dienone is 1. The number of rotatable bonds is 2. The standard InChI is InChI=1S/C12H20O/c1-10(2)9-12(13)7-5-11(3,4)6-8-12/h5,7,13H,1,6,8-9H2,2-4H3. The summed E-state index contributed by atoms with van der Waals surface area (Å²) in [7, 11) is 0. The van der Waals surface area contributed by atoms with Gasteiger partial charge in [-0.05, 0) is 25.2 Å². The summed E-state index contributed by atoms with van der Waals surface area (Å²) in [5.41, 5.74) is 0.676. The molecule has 1 aliphatic rings. The highest BCUT2D eigenvalue weighted by atomic mass is 16.3. The zero-order valence-electron chi connectivity index (χ0n) is 8.93. The van der Waals surface area contributed by atoms with Gasteiger partial charge in [-0.25, -0.2) is 0 Å². The molecule has 0 heterocycles. The second-order valence-corrected chi connectivity index (χ2v) is 5.06. The summed E-state index contributed by atoms with van der Waals surface area (Å²) in [6.07, 6.45) is 6.67. The van der Waals surface area contributed by atoms with Gasteiger partial charge in [-0.3, -0.25) is 0 Å². The average Bonchev–Trinajstić information content (AvgIpc) is 1.95. The maximum atomic E-state index is 10.1. The molecule has 1 unspecified atom stereocenters. The van der Waals surface area contributed by atoms with Crippen LogP contribution >= 0.6 is 0 Å². The molecule has 1 N–H and O–H groups in total. The van der Waals surface area contributed by atoms with Gasteiger partial charge >= 0.3 is 0 Å². The summed E-state index contributed by atoms with van der Waals surface area (Å²) in [4.78, 5) is 0. The van der Waals surface area contributed by atoms with Crippen molar-refractivity contribution in [3.8, 4) is 0 Å². The lowest BCUT2D eigenvalue weighted by atomic mass is 9.75. The van der Waals surface area contributed by atoms with Gasteiger partial charge < -0.3 is 5.11 Å². The fourth-order valence-electron chi connectivity index (χ4n) is 1.76. The van der Waals surface area contributed by atoms with Gasteiger partial charge in [0, 0.05) is 6.42 Å². The summed E-state index contributed by atoms with van der Waals surface area (Å²) in [5.74, 6) is 0. The highest BCUT2D eigenvalue weighted by Gasteiger charge is 2.31. The van der Waals surface area contributed by atoms with Crippen molar-refractivity contribution in [2.75, 3.05) is 0 Å². The molecule has 1 nitrogen and oxygen atoms in total. The van der Waals surface area contributed by atoms with Crippen molar-refractivity contribution in [3.63, 3.8) is 0 Å². The van der Waals surface area contributed by atoms with Crippen molar-refractivity contribution in [3.05, 3.63) is 24.3 Å². The SMILES string of the molecule is C=C(C)CC1(O)C=CC(C)(C)CC1. The summed E-state index contributed by atoms with van der Waals surface area (Å²) in [6.45, 7) is 10.2. The van der Waals surface area contributed by atoms with Crippen LogP contribution in [0.4, 0.5) is 0 Å². The minimum Gasteiger partial charge on any atom is -0.385 e. The Kier molecular flexibility index (Phi) is 2.67. The lowest BCUT2D eigenvalue weighted by Gasteiger charge is -2.35. The van der Waals surface area contributed by atoms with Crippen molar-refractivity contribution in [2.24, 2.45) is 5.41 Å². The first-order valence-corrected chi connectivity index (χ1v) is 4.90. The second-order valence-electron chi connectivity index (χ2n) is 5.06. The molecule has 0 aromatic carbocycles. The van der Waals surface area contributed by atoms with Crippen LogP contribution in [-0.4, -0.2) is 10.7 Å². The summed E-state index contributed by atoms with van der Waals surface area (Å²) in [6, 6.07) is 0. The van der Waals surface area contributed by atoms with E-state index in [1.54, 1.807) is 0 Å². The number of aliphatic hydroxyl groups is 1. The van der Waals surface area contributed by atoms with Gasteiger partial charge in [-0.2, -0.15) is 0 Å². The normalized spacial score (nSPS) is 31.7. The third-order valence-corrected chi connectivity index (χ3v) is 2.65. The molecular weight excluding hydrogens is 160 g/mol. The molecule has 1 atom stereocenters. The predicted molar refractivity (Wildman–Crippen MR) is 56.5 cm³/mol. The molecule has 0 bridgehead atoms. The Morgan fingerprint density at radius 3 is 2.38 bits per heavy atom. The van der Waals surface area contributed by atoms with E-state index in [2.05, 4.69) is 26.5 Å². The Morgan fingerprint density at radius 1 is 1.38 bits per heavy atom. The fourth-order valence-corrected chi connectivity index (χ4v) is 1.76. The zero-order chi connectivity index (χ0) is 10.1. The molecule has 13 heavy (non-hydrogen) atoms. The van der Waals surface area contributed by atoms with Crippen LogP contribution in [0.15, 0.2) is 24.3 Å². The highest BCUT2D eigenvalue weighted by molar-refractivity contribution is 5.15. The lowest BCUT2D eigenvalue weighted by Crippen LogP contribution is -2.32. The topological polar surface area (TPSA) is 20.2 Å². The molecule has 0 aromatic rings.